The Balaban J connectivity index is 1.74. The molecule has 4 aromatic rings. The third kappa shape index (κ3) is 5.10. The van der Waals surface area contributed by atoms with E-state index >= 15 is 0 Å². The number of nitrogens with one attached hydrogen (secondary N) is 1. The molecule has 0 aliphatic rings. The minimum atomic E-state index is -0.828. The van der Waals surface area contributed by atoms with Gasteiger partial charge in [-0.3, -0.25) is 14.5 Å². The second kappa shape index (κ2) is 10.4. The van der Waals surface area contributed by atoms with Gasteiger partial charge in [-0.25, -0.2) is 4.68 Å². The van der Waals surface area contributed by atoms with E-state index < -0.39 is 6.04 Å². The lowest BCUT2D eigenvalue weighted by atomic mass is 10.1. The number of carbonyl (C=O) groups is 2. The van der Waals surface area contributed by atoms with Gasteiger partial charge in [0.2, 0.25) is 11.8 Å². The van der Waals surface area contributed by atoms with Crippen LogP contribution in [0.25, 0.3) is 11.0 Å². The fraction of sp³-hybridized carbons (Fsp3) is 0.250. The van der Waals surface area contributed by atoms with Crippen molar-refractivity contribution in [2.45, 2.75) is 19.5 Å². The van der Waals surface area contributed by atoms with Crippen molar-refractivity contribution in [1.82, 2.24) is 20.3 Å². The summed E-state index contributed by atoms with van der Waals surface area (Å²) < 4.78 is 6.64. The number of hydrogen-bond acceptors (Lipinski definition) is 6. The maximum atomic E-state index is 13.8. The summed E-state index contributed by atoms with van der Waals surface area (Å²) in [5.74, 6) is -0.538. The van der Waals surface area contributed by atoms with Gasteiger partial charge in [0.25, 0.3) is 0 Å². The van der Waals surface area contributed by atoms with E-state index in [9.17, 15) is 9.59 Å². The topological polar surface area (TPSA) is 89.4 Å². The summed E-state index contributed by atoms with van der Waals surface area (Å²) in [6.45, 7) is 2.63. The van der Waals surface area contributed by atoms with E-state index in [1.807, 2.05) is 73.0 Å². The second-order valence-electron chi connectivity index (χ2n) is 7.54. The molecule has 0 saturated heterocycles. The van der Waals surface area contributed by atoms with Crippen molar-refractivity contribution in [2.75, 3.05) is 25.2 Å². The molecule has 0 saturated carbocycles. The zero-order valence-corrected chi connectivity index (χ0v) is 19.3. The van der Waals surface area contributed by atoms with Crippen molar-refractivity contribution < 1.29 is 14.3 Å². The number of rotatable bonds is 9. The average molecular weight is 464 g/mol. The first kappa shape index (κ1) is 22.6. The Morgan fingerprint density at radius 1 is 1.15 bits per heavy atom. The van der Waals surface area contributed by atoms with Crippen LogP contribution in [0.5, 0.6) is 0 Å². The second-order valence-corrected chi connectivity index (χ2v) is 8.52. The monoisotopic (exact) mass is 463 g/mol. The molecule has 0 radical (unpaired) electrons. The van der Waals surface area contributed by atoms with Crippen LogP contribution in [0.4, 0.5) is 5.69 Å². The summed E-state index contributed by atoms with van der Waals surface area (Å²) in [7, 11) is 1.58. The van der Waals surface area contributed by atoms with Gasteiger partial charge in [-0.1, -0.05) is 35.5 Å². The lowest BCUT2D eigenvalue weighted by molar-refractivity contribution is -0.127. The highest BCUT2D eigenvalue weighted by atomic mass is 32.1. The van der Waals surface area contributed by atoms with E-state index in [-0.39, 0.29) is 18.4 Å². The number of carbonyl (C=O) groups excluding carboxylic acids is 2. The van der Waals surface area contributed by atoms with E-state index in [1.54, 1.807) is 16.7 Å². The van der Waals surface area contributed by atoms with Crippen molar-refractivity contribution in [3.63, 3.8) is 0 Å². The number of aryl methyl sites for hydroxylation is 1. The largest absolute Gasteiger partial charge is 0.383 e. The van der Waals surface area contributed by atoms with E-state index in [0.717, 1.165) is 16.0 Å². The molecule has 1 atom stereocenters. The first-order chi connectivity index (χ1) is 16.1. The minimum Gasteiger partial charge on any atom is -0.383 e. The maximum Gasteiger partial charge on any atom is 0.249 e. The first-order valence-corrected chi connectivity index (χ1v) is 11.4. The lowest BCUT2D eigenvalue weighted by Crippen LogP contribution is -2.45. The Labute approximate surface area is 195 Å². The number of fused-ring (bicyclic) bond motifs is 1. The quantitative estimate of drug-likeness (QED) is 0.385. The molecule has 170 valence electrons. The Morgan fingerprint density at radius 3 is 2.76 bits per heavy atom. The van der Waals surface area contributed by atoms with Crippen LogP contribution in [0.1, 0.15) is 16.5 Å². The number of amides is 2. The normalized spacial score (nSPS) is 11.9. The van der Waals surface area contributed by atoms with Crippen LogP contribution in [0, 0.1) is 6.92 Å². The molecule has 0 unspecified atom stereocenters. The number of para-hydroxylation sites is 1. The summed E-state index contributed by atoms with van der Waals surface area (Å²) in [6, 6.07) is 18.0. The number of aromatic nitrogens is 3. The van der Waals surface area contributed by atoms with Crippen LogP contribution in [0.2, 0.25) is 0 Å². The predicted octanol–water partition coefficient (Wildman–Crippen LogP) is 3.34. The van der Waals surface area contributed by atoms with Crippen LogP contribution in [-0.2, 0) is 20.9 Å². The van der Waals surface area contributed by atoms with E-state index in [2.05, 4.69) is 15.6 Å². The zero-order chi connectivity index (χ0) is 23.2. The number of nitrogens with zero attached hydrogens (tertiary/aromatic N) is 4. The van der Waals surface area contributed by atoms with Crippen molar-refractivity contribution in [2.24, 2.45) is 0 Å². The number of hydrogen-bond donors (Lipinski definition) is 1. The van der Waals surface area contributed by atoms with Crippen molar-refractivity contribution in [3.8, 4) is 0 Å². The van der Waals surface area contributed by atoms with Crippen LogP contribution in [-0.4, -0.2) is 47.1 Å². The molecule has 8 nitrogen and oxygen atoms in total. The van der Waals surface area contributed by atoms with Gasteiger partial charge in [0.15, 0.2) is 0 Å². The molecule has 0 aliphatic carbocycles. The smallest absolute Gasteiger partial charge is 0.249 e. The van der Waals surface area contributed by atoms with E-state index in [4.69, 9.17) is 4.74 Å². The van der Waals surface area contributed by atoms with Crippen LogP contribution >= 0.6 is 11.3 Å². The average Bonchev–Trinajstić information content (AvgIpc) is 3.48. The van der Waals surface area contributed by atoms with Gasteiger partial charge in [-0.15, -0.1) is 16.4 Å². The molecule has 2 heterocycles. The molecule has 1 N–H and O–H groups in total. The van der Waals surface area contributed by atoms with Gasteiger partial charge in [0.05, 0.1) is 12.1 Å². The van der Waals surface area contributed by atoms with Gasteiger partial charge in [-0.2, -0.15) is 0 Å². The number of benzene rings is 2. The van der Waals surface area contributed by atoms with Crippen molar-refractivity contribution >= 4 is 39.9 Å². The standard InChI is InChI=1S/C24H25N5O3S/c1-17-7-5-8-18(15-17)29(22(30)16-28-20-10-4-3-9-19(20)26-27-28)23(21-11-6-14-33-21)24(31)25-12-13-32-2/h3-11,14-15,23H,12-13,16H2,1-2H3,(H,25,31)/t23-/m1/s1. The van der Waals surface area contributed by atoms with Gasteiger partial charge in [0.1, 0.15) is 18.1 Å². The number of methoxy groups -OCH3 is 1. The summed E-state index contributed by atoms with van der Waals surface area (Å²) >= 11 is 1.43. The van der Waals surface area contributed by atoms with Gasteiger partial charge >= 0.3 is 0 Å². The van der Waals surface area contributed by atoms with Gasteiger partial charge in [-0.05, 0) is 48.2 Å². The lowest BCUT2D eigenvalue weighted by Gasteiger charge is -2.31. The molecule has 4 rings (SSSR count). The van der Waals surface area contributed by atoms with Gasteiger partial charge < -0.3 is 10.1 Å². The fourth-order valence-electron chi connectivity index (χ4n) is 3.65. The Hall–Kier alpha value is -3.56. The van der Waals surface area contributed by atoms with Crippen LogP contribution < -0.4 is 10.2 Å². The highest BCUT2D eigenvalue weighted by molar-refractivity contribution is 7.10. The molecular formula is C24H25N5O3S. The number of thiophene rings is 1. The number of ether oxygens (including phenoxy) is 1. The highest BCUT2D eigenvalue weighted by Crippen LogP contribution is 2.31. The molecular weight excluding hydrogens is 438 g/mol. The third-order valence-corrected chi connectivity index (χ3v) is 6.10. The summed E-state index contributed by atoms with van der Waals surface area (Å²) in [6.07, 6.45) is 0. The van der Waals surface area contributed by atoms with Crippen LogP contribution in [0.3, 0.4) is 0 Å². The Bertz CT molecular complexity index is 1240. The van der Waals surface area contributed by atoms with E-state index in [0.29, 0.717) is 24.4 Å². The maximum absolute atomic E-state index is 13.8. The molecule has 0 aliphatic heterocycles. The fourth-order valence-corrected chi connectivity index (χ4v) is 4.46. The van der Waals surface area contributed by atoms with Crippen molar-refractivity contribution in [1.29, 1.82) is 0 Å². The summed E-state index contributed by atoms with van der Waals surface area (Å²) in [5, 5.41) is 13.1. The molecule has 33 heavy (non-hydrogen) atoms. The van der Waals surface area contributed by atoms with Crippen LogP contribution in [0.15, 0.2) is 66.0 Å². The predicted molar refractivity (Wildman–Crippen MR) is 128 cm³/mol. The zero-order valence-electron chi connectivity index (χ0n) is 18.5. The number of anilines is 1. The molecule has 2 aromatic heterocycles. The SMILES string of the molecule is COCCNC(=O)[C@@H](c1cccs1)N(C(=O)Cn1nnc2ccccc21)c1cccc(C)c1. The summed E-state index contributed by atoms with van der Waals surface area (Å²) in [5.41, 5.74) is 3.10. The minimum absolute atomic E-state index is 0.0539. The summed E-state index contributed by atoms with van der Waals surface area (Å²) in [4.78, 5) is 29.4. The molecule has 2 aromatic carbocycles. The highest BCUT2D eigenvalue weighted by Gasteiger charge is 2.34. The molecule has 0 bridgehead atoms. The Morgan fingerprint density at radius 2 is 2.00 bits per heavy atom. The van der Waals surface area contributed by atoms with Crippen molar-refractivity contribution in [3.05, 3.63) is 76.5 Å². The third-order valence-electron chi connectivity index (χ3n) is 5.18. The van der Waals surface area contributed by atoms with E-state index in [1.165, 1.54) is 11.3 Å². The first-order valence-electron chi connectivity index (χ1n) is 10.6. The van der Waals surface area contributed by atoms with Gasteiger partial charge in [0, 0.05) is 24.2 Å². The molecule has 9 heteroatoms. The Kier molecular flexibility index (Phi) is 7.11. The molecule has 0 fully saturated rings. The molecule has 2 amide bonds. The molecule has 0 spiro atoms.